The molecule has 2 N–H and O–H groups in total. The van der Waals surface area contributed by atoms with E-state index in [9.17, 15) is 4.79 Å². The Morgan fingerprint density at radius 2 is 1.81 bits per heavy atom. The Bertz CT molecular complexity index is 1280. The predicted molar refractivity (Wildman–Crippen MR) is 135 cm³/mol. The summed E-state index contributed by atoms with van der Waals surface area (Å²) in [5.41, 5.74) is 4.92. The van der Waals surface area contributed by atoms with Crippen LogP contribution in [0.25, 0.3) is 26.9 Å². The van der Waals surface area contributed by atoms with Crippen molar-refractivity contribution in [2.24, 2.45) is 0 Å². The summed E-state index contributed by atoms with van der Waals surface area (Å²) in [5.74, 6) is -0.311. The van der Waals surface area contributed by atoms with Crippen LogP contribution >= 0.6 is 35.2 Å². The molecule has 0 aliphatic rings. The molecule has 1 amide bonds. The summed E-state index contributed by atoms with van der Waals surface area (Å²) in [7, 11) is 0. The van der Waals surface area contributed by atoms with Crippen LogP contribution in [0, 0.1) is 6.92 Å². The van der Waals surface area contributed by atoms with Gasteiger partial charge >= 0.3 is 0 Å². The monoisotopic (exact) mass is 463 g/mol. The van der Waals surface area contributed by atoms with E-state index in [0.29, 0.717) is 5.02 Å². The van der Waals surface area contributed by atoms with E-state index in [1.54, 1.807) is 29.5 Å². The van der Waals surface area contributed by atoms with E-state index in [0.717, 1.165) is 27.3 Å². The molecule has 0 unspecified atom stereocenters. The van der Waals surface area contributed by atoms with Gasteiger partial charge in [-0.15, -0.1) is 11.3 Å². The van der Waals surface area contributed by atoms with Crippen LogP contribution < -0.4 is 10.6 Å². The lowest BCUT2D eigenvalue weighted by Gasteiger charge is -2.08. The van der Waals surface area contributed by atoms with E-state index >= 15 is 0 Å². The van der Waals surface area contributed by atoms with Crippen molar-refractivity contribution in [3.63, 3.8) is 0 Å². The number of halogens is 1. The van der Waals surface area contributed by atoms with Crippen LogP contribution in [0.5, 0.6) is 0 Å². The molecule has 3 aromatic carbocycles. The van der Waals surface area contributed by atoms with Crippen LogP contribution in [0.1, 0.15) is 11.1 Å². The number of aryl methyl sites for hydroxylation is 1. The number of anilines is 1. The predicted octanol–water partition coefficient (Wildman–Crippen LogP) is 6.45. The van der Waals surface area contributed by atoms with Gasteiger partial charge < -0.3 is 5.32 Å². The van der Waals surface area contributed by atoms with Crippen LogP contribution in [0.3, 0.4) is 0 Å². The third kappa shape index (κ3) is 5.55. The standard InChI is InChI=1S/C24H18ClN3OS2/c1-15-2-12-20-21(14-15)31-23(27-20)17-6-10-19(11-7-17)26-24(30)28-22(29)13-5-16-3-8-18(25)9-4-16/h2-14H,1H3,(H2,26,28,29,30)/b13-5+. The SMILES string of the molecule is Cc1ccc2nc(-c3ccc(NC(=S)NC(=O)/C=C/c4ccc(Cl)cc4)cc3)sc2c1. The molecule has 0 aliphatic carbocycles. The molecular weight excluding hydrogens is 446 g/mol. The van der Waals surface area contributed by atoms with E-state index in [1.807, 2.05) is 42.5 Å². The zero-order chi connectivity index (χ0) is 21.8. The number of thiocarbonyl (C=S) groups is 1. The van der Waals surface area contributed by atoms with Gasteiger partial charge in [0.25, 0.3) is 0 Å². The molecule has 0 saturated carbocycles. The van der Waals surface area contributed by atoms with Gasteiger partial charge in [0.15, 0.2) is 5.11 Å². The first-order chi connectivity index (χ1) is 15.0. The summed E-state index contributed by atoms with van der Waals surface area (Å²) in [5, 5.41) is 7.51. The molecule has 7 heteroatoms. The summed E-state index contributed by atoms with van der Waals surface area (Å²) >= 11 is 12.8. The minimum atomic E-state index is -0.311. The van der Waals surface area contributed by atoms with Crippen molar-refractivity contribution in [2.45, 2.75) is 6.92 Å². The topological polar surface area (TPSA) is 54.0 Å². The number of rotatable bonds is 4. The van der Waals surface area contributed by atoms with Crippen LogP contribution in [0.4, 0.5) is 5.69 Å². The molecule has 0 spiro atoms. The summed E-state index contributed by atoms with van der Waals surface area (Å²) in [6.07, 6.45) is 3.12. The second kappa shape index (κ2) is 9.39. The van der Waals surface area contributed by atoms with Crippen molar-refractivity contribution in [2.75, 3.05) is 5.32 Å². The Morgan fingerprint density at radius 3 is 2.55 bits per heavy atom. The van der Waals surface area contributed by atoms with E-state index in [4.69, 9.17) is 28.8 Å². The van der Waals surface area contributed by atoms with Gasteiger partial charge in [-0.2, -0.15) is 0 Å². The average molecular weight is 464 g/mol. The third-order valence-electron chi connectivity index (χ3n) is 4.47. The number of carbonyl (C=O) groups is 1. The fourth-order valence-corrected chi connectivity index (χ4v) is 4.33. The number of amides is 1. The van der Waals surface area contributed by atoms with Crippen molar-refractivity contribution in [1.82, 2.24) is 10.3 Å². The van der Waals surface area contributed by atoms with Gasteiger partial charge in [0.1, 0.15) is 5.01 Å². The first-order valence-electron chi connectivity index (χ1n) is 9.49. The Balaban J connectivity index is 1.36. The fourth-order valence-electron chi connectivity index (χ4n) is 2.91. The maximum atomic E-state index is 12.1. The van der Waals surface area contributed by atoms with Crippen molar-refractivity contribution < 1.29 is 4.79 Å². The van der Waals surface area contributed by atoms with Gasteiger partial charge in [-0.05, 0) is 84.9 Å². The number of hydrogen-bond acceptors (Lipinski definition) is 4. The smallest absolute Gasteiger partial charge is 0.250 e. The molecule has 31 heavy (non-hydrogen) atoms. The Morgan fingerprint density at radius 1 is 1.06 bits per heavy atom. The van der Waals surface area contributed by atoms with Crippen molar-refractivity contribution in [3.05, 3.63) is 89.0 Å². The molecule has 154 valence electrons. The maximum absolute atomic E-state index is 12.1. The molecule has 0 saturated heterocycles. The number of hydrogen-bond donors (Lipinski definition) is 2. The number of thiazole rings is 1. The molecule has 0 atom stereocenters. The van der Waals surface area contributed by atoms with Gasteiger partial charge in [0, 0.05) is 22.3 Å². The molecule has 4 aromatic rings. The highest BCUT2D eigenvalue weighted by atomic mass is 35.5. The molecule has 0 radical (unpaired) electrons. The van der Waals surface area contributed by atoms with Gasteiger partial charge in [0.05, 0.1) is 10.2 Å². The van der Waals surface area contributed by atoms with Crippen molar-refractivity contribution >= 4 is 68.2 Å². The lowest BCUT2D eigenvalue weighted by Crippen LogP contribution is -2.32. The lowest BCUT2D eigenvalue weighted by molar-refractivity contribution is -0.115. The second-order valence-electron chi connectivity index (χ2n) is 6.90. The van der Waals surface area contributed by atoms with Gasteiger partial charge in [0.2, 0.25) is 5.91 Å². The number of carbonyl (C=O) groups excluding carboxylic acids is 1. The first kappa shape index (κ1) is 21.2. The highest BCUT2D eigenvalue weighted by Gasteiger charge is 2.07. The molecule has 4 nitrogen and oxygen atoms in total. The Hall–Kier alpha value is -3.06. The van der Waals surface area contributed by atoms with Gasteiger partial charge in [-0.25, -0.2) is 4.98 Å². The van der Waals surface area contributed by atoms with Crippen LogP contribution in [-0.2, 0) is 4.79 Å². The van der Waals surface area contributed by atoms with Crippen molar-refractivity contribution in [3.8, 4) is 10.6 Å². The zero-order valence-electron chi connectivity index (χ0n) is 16.6. The molecule has 1 heterocycles. The number of fused-ring (bicyclic) bond motifs is 1. The zero-order valence-corrected chi connectivity index (χ0v) is 18.9. The maximum Gasteiger partial charge on any atom is 0.250 e. The first-order valence-corrected chi connectivity index (χ1v) is 11.1. The van der Waals surface area contributed by atoms with E-state index < -0.39 is 0 Å². The summed E-state index contributed by atoms with van der Waals surface area (Å²) in [6.45, 7) is 2.08. The normalized spacial score (nSPS) is 11.0. The average Bonchev–Trinajstić information content (AvgIpc) is 3.17. The Kier molecular flexibility index (Phi) is 6.42. The molecule has 4 rings (SSSR count). The van der Waals surface area contributed by atoms with Gasteiger partial charge in [-0.3, -0.25) is 10.1 Å². The van der Waals surface area contributed by atoms with Crippen LogP contribution in [-0.4, -0.2) is 16.0 Å². The summed E-state index contributed by atoms with van der Waals surface area (Å²) in [6, 6.07) is 21.2. The second-order valence-corrected chi connectivity index (χ2v) is 8.77. The number of nitrogens with zero attached hydrogens (tertiary/aromatic N) is 1. The molecule has 0 aliphatic heterocycles. The van der Waals surface area contributed by atoms with E-state index in [-0.39, 0.29) is 11.0 Å². The Labute approximate surface area is 194 Å². The molecular formula is C24H18ClN3OS2. The quantitative estimate of drug-likeness (QED) is 0.269. The van der Waals surface area contributed by atoms with Gasteiger partial charge in [-0.1, -0.05) is 29.8 Å². The third-order valence-corrected chi connectivity index (χ3v) is 5.99. The van der Waals surface area contributed by atoms with E-state index in [1.165, 1.54) is 16.3 Å². The molecule has 1 aromatic heterocycles. The fraction of sp³-hybridized carbons (Fsp3) is 0.0417. The van der Waals surface area contributed by atoms with Crippen molar-refractivity contribution in [1.29, 1.82) is 0 Å². The van der Waals surface area contributed by atoms with Crippen LogP contribution in [0.2, 0.25) is 5.02 Å². The number of benzene rings is 3. The lowest BCUT2D eigenvalue weighted by atomic mass is 10.2. The van der Waals surface area contributed by atoms with E-state index in [2.05, 4.69) is 29.7 Å². The largest absolute Gasteiger partial charge is 0.332 e. The molecule has 0 bridgehead atoms. The highest BCUT2D eigenvalue weighted by Crippen LogP contribution is 2.31. The molecule has 0 fully saturated rings. The number of nitrogens with one attached hydrogen (secondary N) is 2. The van der Waals surface area contributed by atoms with Crippen LogP contribution in [0.15, 0.2) is 72.8 Å². The highest BCUT2D eigenvalue weighted by molar-refractivity contribution is 7.80. The summed E-state index contributed by atoms with van der Waals surface area (Å²) in [4.78, 5) is 16.8. The summed E-state index contributed by atoms with van der Waals surface area (Å²) < 4.78 is 1.17. The minimum Gasteiger partial charge on any atom is -0.332 e. The number of aromatic nitrogens is 1. The minimum absolute atomic E-state index is 0.231.